The van der Waals surface area contributed by atoms with E-state index in [0.29, 0.717) is 4.73 Å². The molecule has 0 aliphatic carbocycles. The average Bonchev–Trinajstić information content (AvgIpc) is 3.03. The lowest BCUT2D eigenvalue weighted by molar-refractivity contribution is -0.605. The van der Waals surface area contributed by atoms with Crippen molar-refractivity contribution in [2.45, 2.75) is 30.5 Å². The van der Waals surface area contributed by atoms with Gasteiger partial charge in [0.25, 0.3) is 11.7 Å². The molecule has 2 aliphatic heterocycles. The first-order valence-corrected chi connectivity index (χ1v) is 11.5. The second kappa shape index (κ2) is 7.78. The summed E-state index contributed by atoms with van der Waals surface area (Å²) in [5.41, 5.74) is 5.16. The minimum Gasteiger partial charge on any atom is -0.619 e. The number of alkyl halides is 2. The number of fused-ring (bicyclic) bond motifs is 1. The molecule has 2 aromatic rings. The molecule has 1 aromatic carbocycles. The van der Waals surface area contributed by atoms with Gasteiger partial charge in [0.15, 0.2) is 33.7 Å². The highest BCUT2D eigenvalue weighted by Crippen LogP contribution is 2.54. The molecule has 9 nitrogen and oxygen atoms in total. The van der Waals surface area contributed by atoms with Crippen molar-refractivity contribution in [3.63, 3.8) is 0 Å². The molecule has 3 heterocycles. The zero-order chi connectivity index (χ0) is 23.4. The van der Waals surface area contributed by atoms with Gasteiger partial charge in [-0.15, -0.1) is 0 Å². The van der Waals surface area contributed by atoms with Gasteiger partial charge in [-0.1, -0.05) is 23.2 Å². The number of carbonyl (C=O) groups is 1. The lowest BCUT2D eigenvalue weighted by Gasteiger charge is -2.36. The predicted octanol–water partition coefficient (Wildman–Crippen LogP) is 2.74. The Bertz CT molecular complexity index is 1210. The second-order valence-corrected chi connectivity index (χ2v) is 10.3. The molecule has 4 rings (SSSR count). The van der Waals surface area contributed by atoms with E-state index in [-0.39, 0.29) is 45.5 Å². The Balaban J connectivity index is 1.78. The Hall–Kier alpha value is -2.57. The molecular formula is C18H14Cl2F2N2O7S. The van der Waals surface area contributed by atoms with Crippen molar-refractivity contribution in [3.8, 4) is 17.2 Å². The van der Waals surface area contributed by atoms with Crippen LogP contribution >= 0.6 is 23.2 Å². The fraction of sp³-hybridized carbons (Fsp3) is 0.333. The van der Waals surface area contributed by atoms with Crippen LogP contribution in [0.1, 0.15) is 34.0 Å². The van der Waals surface area contributed by atoms with Crippen LogP contribution in [0.25, 0.3) is 0 Å². The molecule has 1 fully saturated rings. The summed E-state index contributed by atoms with van der Waals surface area (Å²) in [5, 5.41) is 9.84. The second-order valence-electron chi connectivity index (χ2n) is 7.16. The van der Waals surface area contributed by atoms with E-state index in [9.17, 15) is 27.2 Å². The van der Waals surface area contributed by atoms with Crippen LogP contribution in [0.2, 0.25) is 10.0 Å². The molecule has 0 saturated carbocycles. The Morgan fingerprint density at radius 3 is 2.47 bits per heavy atom. The topological polar surface area (TPSA) is 132 Å². The first-order chi connectivity index (χ1) is 14.9. The monoisotopic (exact) mass is 510 g/mol. The summed E-state index contributed by atoms with van der Waals surface area (Å²) >= 11 is 12.2. The lowest BCUT2D eigenvalue weighted by atomic mass is 10.0. The van der Waals surface area contributed by atoms with Crippen LogP contribution in [0.4, 0.5) is 8.78 Å². The molecule has 172 valence electrons. The summed E-state index contributed by atoms with van der Waals surface area (Å²) in [6.07, 6.45) is 1.34. The molecule has 2 N–H and O–H groups in total. The van der Waals surface area contributed by atoms with Crippen LogP contribution in [0.3, 0.4) is 0 Å². The standard InChI is InChI=1S/C18H14Cl2F2N2O7S/c19-9-6-24(26)7-10(20)13(9)12-5-18(3-4-32(12,27)28)30-14-8(16(23)25)1-2-11(15(14)31-18)29-17(21)22/h1-2,6-7,12,17H,3-5H2,(H2,23,25). The number of nitrogens with zero attached hydrogens (tertiary/aromatic N) is 1. The average molecular weight is 511 g/mol. The number of benzene rings is 1. The van der Waals surface area contributed by atoms with Crippen LogP contribution in [-0.4, -0.2) is 32.5 Å². The van der Waals surface area contributed by atoms with Crippen LogP contribution in [0, 0.1) is 5.21 Å². The van der Waals surface area contributed by atoms with Crippen molar-refractivity contribution in [1.82, 2.24) is 0 Å². The number of hydrogen-bond acceptors (Lipinski definition) is 7. The highest BCUT2D eigenvalue weighted by molar-refractivity contribution is 7.91. The van der Waals surface area contributed by atoms with E-state index in [0.717, 1.165) is 24.5 Å². The maximum atomic E-state index is 12.9. The van der Waals surface area contributed by atoms with E-state index < -0.39 is 44.9 Å². The van der Waals surface area contributed by atoms with Gasteiger partial charge < -0.3 is 25.2 Å². The molecule has 0 bridgehead atoms. The Labute approximate surface area is 190 Å². The Morgan fingerprint density at radius 1 is 1.25 bits per heavy atom. The fourth-order valence-electron chi connectivity index (χ4n) is 3.76. The SMILES string of the molecule is NC(=O)c1ccc(OC(F)F)c2c1OC1(CCS(=O)(=O)C(c3c(Cl)c[n+]([O-])cc3Cl)C1)O2. The summed E-state index contributed by atoms with van der Waals surface area (Å²) in [6, 6.07) is 2.21. The van der Waals surface area contributed by atoms with Crippen molar-refractivity contribution < 1.29 is 40.9 Å². The molecule has 32 heavy (non-hydrogen) atoms. The molecule has 1 spiro atoms. The number of pyridine rings is 1. The predicted molar refractivity (Wildman–Crippen MR) is 107 cm³/mol. The van der Waals surface area contributed by atoms with Crippen molar-refractivity contribution in [2.24, 2.45) is 5.73 Å². The molecule has 14 heteroatoms. The molecule has 0 radical (unpaired) electrons. The van der Waals surface area contributed by atoms with Crippen molar-refractivity contribution in [1.29, 1.82) is 0 Å². The fourth-order valence-corrected chi connectivity index (χ4v) is 6.60. The van der Waals surface area contributed by atoms with Gasteiger partial charge in [-0.2, -0.15) is 13.5 Å². The highest BCUT2D eigenvalue weighted by atomic mass is 35.5. The number of hydrogen-bond donors (Lipinski definition) is 1. The Morgan fingerprint density at radius 2 is 1.88 bits per heavy atom. The molecule has 1 saturated heterocycles. The van der Waals surface area contributed by atoms with Gasteiger partial charge in [-0.05, 0) is 12.1 Å². The van der Waals surface area contributed by atoms with Crippen LogP contribution < -0.4 is 24.7 Å². The number of nitrogens with two attached hydrogens (primary N) is 1. The number of ether oxygens (including phenoxy) is 3. The lowest BCUT2D eigenvalue weighted by Crippen LogP contribution is -2.47. The zero-order valence-electron chi connectivity index (χ0n) is 15.9. The number of halogens is 4. The van der Waals surface area contributed by atoms with Crippen molar-refractivity contribution in [2.75, 3.05) is 5.75 Å². The van der Waals surface area contributed by atoms with Crippen LogP contribution in [0.15, 0.2) is 24.5 Å². The minimum atomic E-state index is -3.82. The molecule has 2 unspecified atom stereocenters. The molecular weight excluding hydrogens is 497 g/mol. The van der Waals surface area contributed by atoms with E-state index >= 15 is 0 Å². The molecule has 1 amide bonds. The maximum Gasteiger partial charge on any atom is 0.387 e. The summed E-state index contributed by atoms with van der Waals surface area (Å²) in [5.74, 6) is -3.98. The third-order valence-corrected chi connectivity index (χ3v) is 7.79. The molecule has 1 aromatic heterocycles. The molecule has 2 atom stereocenters. The highest BCUT2D eigenvalue weighted by Gasteiger charge is 2.54. The quantitative estimate of drug-likeness (QED) is 0.493. The molecule has 2 aliphatic rings. The van der Waals surface area contributed by atoms with Crippen molar-refractivity contribution in [3.05, 3.63) is 50.9 Å². The Kier molecular flexibility index (Phi) is 5.50. The summed E-state index contributed by atoms with van der Waals surface area (Å²) in [6.45, 7) is -3.20. The van der Waals surface area contributed by atoms with Gasteiger partial charge in [0.05, 0.1) is 16.6 Å². The maximum absolute atomic E-state index is 12.9. The number of carbonyl (C=O) groups excluding carboxylic acids is 1. The van der Waals surface area contributed by atoms with E-state index in [2.05, 4.69) is 4.74 Å². The smallest absolute Gasteiger partial charge is 0.387 e. The van der Waals surface area contributed by atoms with Crippen molar-refractivity contribution >= 4 is 38.9 Å². The van der Waals surface area contributed by atoms with E-state index in [1.165, 1.54) is 0 Å². The number of rotatable bonds is 4. The summed E-state index contributed by atoms with van der Waals surface area (Å²) in [4.78, 5) is 11.8. The van der Waals surface area contributed by atoms with E-state index in [4.69, 9.17) is 38.4 Å². The number of sulfone groups is 1. The van der Waals surface area contributed by atoms with E-state index in [1.54, 1.807) is 0 Å². The van der Waals surface area contributed by atoms with Crippen LogP contribution in [-0.2, 0) is 9.84 Å². The number of amides is 1. The van der Waals surface area contributed by atoms with E-state index in [1.807, 2.05) is 0 Å². The normalized spacial score (nSPS) is 23.5. The van der Waals surface area contributed by atoms with Gasteiger partial charge >= 0.3 is 6.61 Å². The van der Waals surface area contributed by atoms with Gasteiger partial charge in [0.2, 0.25) is 5.75 Å². The van der Waals surface area contributed by atoms with Gasteiger partial charge in [-0.25, -0.2) is 8.42 Å². The minimum absolute atomic E-state index is 0.0261. The van der Waals surface area contributed by atoms with Gasteiger partial charge in [-0.3, -0.25) is 4.79 Å². The third-order valence-electron chi connectivity index (χ3n) is 5.15. The van der Waals surface area contributed by atoms with Gasteiger partial charge in [0, 0.05) is 18.4 Å². The third kappa shape index (κ3) is 3.86. The summed E-state index contributed by atoms with van der Waals surface area (Å²) < 4.78 is 67.8. The number of primary amides is 1. The van der Waals surface area contributed by atoms with Crippen LogP contribution in [0.5, 0.6) is 17.2 Å². The van der Waals surface area contributed by atoms with Gasteiger partial charge in [0.1, 0.15) is 10.0 Å². The first kappa shape index (κ1) is 22.6. The largest absolute Gasteiger partial charge is 0.619 e. The number of aromatic nitrogens is 1. The zero-order valence-corrected chi connectivity index (χ0v) is 18.2. The first-order valence-electron chi connectivity index (χ1n) is 9.01. The summed E-state index contributed by atoms with van der Waals surface area (Å²) in [7, 11) is -3.82.